The maximum atomic E-state index is 11.5. The van der Waals surface area contributed by atoms with E-state index in [2.05, 4.69) is 0 Å². The highest BCUT2D eigenvalue weighted by Gasteiger charge is 2.39. The largest absolute Gasteiger partial charge is 0.481 e. The first-order valence-electron chi connectivity index (χ1n) is 6.10. The lowest BCUT2D eigenvalue weighted by molar-refractivity contribution is -0.151. The Hall–Kier alpha value is -1.02. The van der Waals surface area contributed by atoms with Crippen LogP contribution < -0.4 is 0 Å². The Morgan fingerprint density at radius 1 is 1.29 bits per heavy atom. The molecule has 1 N–H and O–H groups in total. The number of aliphatic carboxylic acids is 1. The molecule has 0 heterocycles. The zero-order chi connectivity index (χ0) is 12.3. The van der Waals surface area contributed by atoms with Crippen molar-refractivity contribution in [3.8, 4) is 0 Å². The number of rotatable bonds is 3. The molecule has 2 rings (SSSR count). The number of benzene rings is 1. The SMILES string of the molecule is O=C(O)C1(Cc2cccc(Cl)c2)CCCCC1. The molecule has 1 aliphatic rings. The number of halogens is 1. The summed E-state index contributed by atoms with van der Waals surface area (Å²) in [6.45, 7) is 0. The summed E-state index contributed by atoms with van der Waals surface area (Å²) in [5.41, 5.74) is 0.463. The number of hydrogen-bond donors (Lipinski definition) is 1. The van der Waals surface area contributed by atoms with E-state index in [0.717, 1.165) is 37.7 Å². The van der Waals surface area contributed by atoms with Gasteiger partial charge in [-0.3, -0.25) is 4.79 Å². The summed E-state index contributed by atoms with van der Waals surface area (Å²) in [6.07, 6.45) is 5.37. The fourth-order valence-corrected chi connectivity index (χ4v) is 2.95. The van der Waals surface area contributed by atoms with Gasteiger partial charge in [0.2, 0.25) is 0 Å². The molecule has 2 nitrogen and oxygen atoms in total. The molecule has 0 saturated heterocycles. The van der Waals surface area contributed by atoms with Crippen molar-refractivity contribution in [3.05, 3.63) is 34.9 Å². The second-order valence-corrected chi connectivity index (χ2v) is 5.39. The van der Waals surface area contributed by atoms with Crippen molar-refractivity contribution < 1.29 is 9.90 Å². The summed E-state index contributed by atoms with van der Waals surface area (Å²) in [4.78, 5) is 11.5. The third-order valence-corrected chi connectivity index (χ3v) is 3.93. The highest BCUT2D eigenvalue weighted by molar-refractivity contribution is 6.30. The lowest BCUT2D eigenvalue weighted by atomic mass is 9.70. The molecule has 92 valence electrons. The fourth-order valence-electron chi connectivity index (χ4n) is 2.73. The zero-order valence-corrected chi connectivity index (χ0v) is 10.5. The van der Waals surface area contributed by atoms with Gasteiger partial charge < -0.3 is 5.11 Å². The average Bonchev–Trinajstić information content (AvgIpc) is 2.30. The zero-order valence-electron chi connectivity index (χ0n) is 9.79. The van der Waals surface area contributed by atoms with Gasteiger partial charge in [0.25, 0.3) is 0 Å². The van der Waals surface area contributed by atoms with Gasteiger partial charge in [-0.15, -0.1) is 0 Å². The van der Waals surface area contributed by atoms with Crippen molar-refractivity contribution in [2.24, 2.45) is 5.41 Å². The van der Waals surface area contributed by atoms with Crippen LogP contribution >= 0.6 is 11.6 Å². The van der Waals surface area contributed by atoms with Gasteiger partial charge in [0, 0.05) is 5.02 Å². The Morgan fingerprint density at radius 2 is 2.00 bits per heavy atom. The van der Waals surface area contributed by atoms with Crippen LogP contribution in [-0.4, -0.2) is 11.1 Å². The molecule has 1 saturated carbocycles. The van der Waals surface area contributed by atoms with Crippen LogP contribution in [0.15, 0.2) is 24.3 Å². The number of carboxylic acids is 1. The van der Waals surface area contributed by atoms with Crippen molar-refractivity contribution in [2.75, 3.05) is 0 Å². The third kappa shape index (κ3) is 2.81. The van der Waals surface area contributed by atoms with Crippen LogP contribution in [0.4, 0.5) is 0 Å². The van der Waals surface area contributed by atoms with E-state index in [-0.39, 0.29) is 0 Å². The monoisotopic (exact) mass is 252 g/mol. The molecule has 1 aliphatic carbocycles. The van der Waals surface area contributed by atoms with E-state index in [4.69, 9.17) is 11.6 Å². The third-order valence-electron chi connectivity index (χ3n) is 3.70. The minimum Gasteiger partial charge on any atom is -0.481 e. The Morgan fingerprint density at radius 3 is 2.59 bits per heavy atom. The van der Waals surface area contributed by atoms with Crippen molar-refractivity contribution in [3.63, 3.8) is 0 Å². The standard InChI is InChI=1S/C14H17ClO2/c15-12-6-4-5-11(9-12)10-14(13(16)17)7-2-1-3-8-14/h4-6,9H,1-3,7-8,10H2,(H,16,17). The first kappa shape index (κ1) is 12.4. The van der Waals surface area contributed by atoms with E-state index < -0.39 is 11.4 Å². The summed E-state index contributed by atoms with van der Waals surface area (Å²) in [6, 6.07) is 7.54. The molecule has 1 fully saturated rings. The highest BCUT2D eigenvalue weighted by Crippen LogP contribution is 2.39. The van der Waals surface area contributed by atoms with Gasteiger partial charge in [0.1, 0.15) is 0 Å². The van der Waals surface area contributed by atoms with Gasteiger partial charge in [-0.1, -0.05) is 43.0 Å². The first-order valence-corrected chi connectivity index (χ1v) is 6.48. The predicted octanol–water partition coefficient (Wildman–Crippen LogP) is 3.92. The lowest BCUT2D eigenvalue weighted by Crippen LogP contribution is -2.35. The Balaban J connectivity index is 2.20. The lowest BCUT2D eigenvalue weighted by Gasteiger charge is -2.33. The molecule has 0 aliphatic heterocycles. The second kappa shape index (κ2) is 5.09. The maximum Gasteiger partial charge on any atom is 0.309 e. The summed E-state index contributed by atoms with van der Waals surface area (Å²) in [5, 5.41) is 10.2. The molecule has 0 bridgehead atoms. The molecule has 0 radical (unpaired) electrons. The van der Waals surface area contributed by atoms with E-state index >= 15 is 0 Å². The molecule has 0 atom stereocenters. The molecular formula is C14H17ClO2. The van der Waals surface area contributed by atoms with Gasteiger partial charge in [0.15, 0.2) is 0 Å². The molecule has 3 heteroatoms. The normalized spacial score (nSPS) is 18.9. The van der Waals surface area contributed by atoms with E-state index in [0.29, 0.717) is 11.4 Å². The van der Waals surface area contributed by atoms with E-state index in [9.17, 15) is 9.90 Å². The number of carboxylic acid groups (broad SMARTS) is 1. The second-order valence-electron chi connectivity index (χ2n) is 4.95. The molecule has 1 aromatic carbocycles. The predicted molar refractivity (Wildman–Crippen MR) is 68.3 cm³/mol. The van der Waals surface area contributed by atoms with Gasteiger partial charge in [-0.2, -0.15) is 0 Å². The van der Waals surface area contributed by atoms with E-state index in [1.165, 1.54) is 0 Å². The summed E-state index contributed by atoms with van der Waals surface area (Å²) >= 11 is 5.94. The average molecular weight is 253 g/mol. The maximum absolute atomic E-state index is 11.5. The quantitative estimate of drug-likeness (QED) is 0.885. The minimum absolute atomic E-state index is 0.567. The van der Waals surface area contributed by atoms with Gasteiger partial charge in [-0.25, -0.2) is 0 Å². The molecule has 1 aromatic rings. The number of carbonyl (C=O) groups is 1. The van der Waals surface area contributed by atoms with Crippen LogP contribution in [0.3, 0.4) is 0 Å². The Bertz CT molecular complexity index is 408. The number of hydrogen-bond acceptors (Lipinski definition) is 1. The van der Waals surface area contributed by atoms with Crippen LogP contribution in [0, 0.1) is 5.41 Å². The van der Waals surface area contributed by atoms with Gasteiger partial charge in [0.05, 0.1) is 5.41 Å². The summed E-state index contributed by atoms with van der Waals surface area (Å²) < 4.78 is 0. The van der Waals surface area contributed by atoms with Crippen molar-refractivity contribution in [1.82, 2.24) is 0 Å². The highest BCUT2D eigenvalue weighted by atomic mass is 35.5. The molecule has 0 unspecified atom stereocenters. The van der Waals surface area contributed by atoms with Crippen LogP contribution in [0.1, 0.15) is 37.7 Å². The van der Waals surface area contributed by atoms with Crippen LogP contribution in [0.25, 0.3) is 0 Å². The van der Waals surface area contributed by atoms with Gasteiger partial charge >= 0.3 is 5.97 Å². The smallest absolute Gasteiger partial charge is 0.309 e. The topological polar surface area (TPSA) is 37.3 Å². The van der Waals surface area contributed by atoms with E-state index in [1.807, 2.05) is 24.3 Å². The molecular weight excluding hydrogens is 236 g/mol. The molecule has 0 amide bonds. The van der Waals surface area contributed by atoms with Gasteiger partial charge in [-0.05, 0) is 37.0 Å². The molecule has 0 spiro atoms. The Kier molecular flexibility index (Phi) is 3.72. The Labute approximate surface area is 107 Å². The minimum atomic E-state index is -0.655. The molecule has 0 aromatic heterocycles. The van der Waals surface area contributed by atoms with Crippen LogP contribution in [-0.2, 0) is 11.2 Å². The fraction of sp³-hybridized carbons (Fsp3) is 0.500. The summed E-state index contributed by atoms with van der Waals surface area (Å²) in [7, 11) is 0. The van der Waals surface area contributed by atoms with Crippen LogP contribution in [0.2, 0.25) is 5.02 Å². The van der Waals surface area contributed by atoms with Crippen LogP contribution in [0.5, 0.6) is 0 Å². The van der Waals surface area contributed by atoms with Crippen molar-refractivity contribution in [2.45, 2.75) is 38.5 Å². The molecule has 17 heavy (non-hydrogen) atoms. The first-order chi connectivity index (χ1) is 8.12. The van der Waals surface area contributed by atoms with E-state index in [1.54, 1.807) is 0 Å². The van der Waals surface area contributed by atoms with Crippen molar-refractivity contribution in [1.29, 1.82) is 0 Å². The summed E-state index contributed by atoms with van der Waals surface area (Å²) in [5.74, 6) is -0.655. The van der Waals surface area contributed by atoms with Crippen molar-refractivity contribution >= 4 is 17.6 Å².